The number of aliphatic hydroxyl groups excluding tert-OH is 1. The van der Waals surface area contributed by atoms with E-state index in [4.69, 9.17) is 20.3 Å². The third-order valence-corrected chi connectivity index (χ3v) is 7.40. The number of rotatable bonds is 6. The van der Waals surface area contributed by atoms with Gasteiger partial charge in [0.2, 0.25) is 0 Å². The number of pyridine rings is 1. The van der Waals surface area contributed by atoms with Crippen molar-refractivity contribution < 1.29 is 47.6 Å². The number of nitrogens with zero attached hydrogens (tertiary/aromatic N) is 4. The number of anilines is 1. The van der Waals surface area contributed by atoms with Crippen LogP contribution < -0.4 is 5.73 Å². The van der Waals surface area contributed by atoms with Crippen molar-refractivity contribution in [2.75, 3.05) is 12.3 Å². The van der Waals surface area contributed by atoms with Crippen molar-refractivity contribution in [1.29, 1.82) is 0 Å². The third-order valence-electron chi connectivity index (χ3n) is 5.25. The second-order valence-corrected chi connectivity index (χ2v) is 10.7. The first-order valence-corrected chi connectivity index (χ1v) is 13.2. The zero-order valence-electron chi connectivity index (χ0n) is 18.4. The molecule has 1 saturated heterocycles. The Morgan fingerprint density at radius 2 is 1.97 bits per heavy atom. The average Bonchev–Trinajstić information content (AvgIpc) is 3.25. The lowest BCUT2D eigenvalue weighted by Crippen LogP contribution is -2.44. The SMILES string of the molecule is CC1(O)C(O)C(COP(=O)(O)OP(=O)(O)O)OC1n1cc(C#Cc2ccccn2)c2c(N)ncnc21. The summed E-state index contributed by atoms with van der Waals surface area (Å²) in [5.74, 6) is 5.91. The van der Waals surface area contributed by atoms with Crippen molar-refractivity contribution in [2.45, 2.75) is 31.0 Å². The molecule has 0 bridgehead atoms. The van der Waals surface area contributed by atoms with Crippen LogP contribution in [0.2, 0.25) is 0 Å². The van der Waals surface area contributed by atoms with Gasteiger partial charge in [-0.15, -0.1) is 0 Å². The monoisotopic (exact) mass is 541 g/mol. The highest BCUT2D eigenvalue weighted by Gasteiger charge is 2.54. The molecule has 1 aliphatic rings. The lowest BCUT2D eigenvalue weighted by Gasteiger charge is -2.27. The molecule has 7 N–H and O–H groups in total. The third kappa shape index (κ3) is 5.49. The van der Waals surface area contributed by atoms with Crippen molar-refractivity contribution in [3.05, 3.63) is 48.2 Å². The number of nitrogens with two attached hydrogens (primary N) is 1. The van der Waals surface area contributed by atoms with Crippen molar-refractivity contribution in [3.63, 3.8) is 0 Å². The normalized spacial score (nSPS) is 25.9. The lowest BCUT2D eigenvalue weighted by molar-refractivity contribution is -0.0947. The Morgan fingerprint density at radius 3 is 2.64 bits per heavy atom. The lowest BCUT2D eigenvalue weighted by atomic mass is 9.96. The second-order valence-electron chi connectivity index (χ2n) is 7.91. The minimum absolute atomic E-state index is 0.0953. The Balaban J connectivity index is 1.67. The maximum atomic E-state index is 11.8. The molecule has 3 aromatic heterocycles. The maximum Gasteiger partial charge on any atom is 0.481 e. The number of hydrogen-bond donors (Lipinski definition) is 6. The summed E-state index contributed by atoms with van der Waals surface area (Å²) in [6.45, 7) is 0.396. The molecular formula is C19H21N5O10P2. The molecule has 3 aromatic rings. The minimum Gasteiger partial charge on any atom is -0.387 e. The molecule has 15 nitrogen and oxygen atoms in total. The Morgan fingerprint density at radius 1 is 1.22 bits per heavy atom. The summed E-state index contributed by atoms with van der Waals surface area (Å²) in [5.41, 5.74) is 5.13. The van der Waals surface area contributed by atoms with Crippen molar-refractivity contribution in [1.82, 2.24) is 19.5 Å². The standard InChI is InChI=1S/C19H21N5O10P2/c1-19(26)15(25)13(9-32-36(30,31)34-35(27,28)29)33-18(19)24-8-11(5-6-12-4-2-3-7-21-12)14-16(20)22-10-23-17(14)24/h2-4,7-8,10,13,15,18,25-26H,9H2,1H3,(H,30,31)(H2,20,22,23)(H2,27,28,29). The van der Waals surface area contributed by atoms with E-state index in [9.17, 15) is 24.2 Å². The molecule has 36 heavy (non-hydrogen) atoms. The van der Waals surface area contributed by atoms with E-state index < -0.39 is 46.3 Å². The van der Waals surface area contributed by atoms with Crippen LogP contribution in [0.25, 0.3) is 11.0 Å². The summed E-state index contributed by atoms with van der Waals surface area (Å²) in [4.78, 5) is 39.3. The van der Waals surface area contributed by atoms with Gasteiger partial charge in [-0.2, -0.15) is 4.31 Å². The number of aromatic nitrogens is 4. The average molecular weight is 541 g/mol. The molecule has 17 heteroatoms. The van der Waals surface area contributed by atoms with Crippen molar-refractivity contribution in [2.24, 2.45) is 0 Å². The Hall–Kier alpha value is -2.73. The second kappa shape index (κ2) is 9.62. The molecule has 0 saturated carbocycles. The smallest absolute Gasteiger partial charge is 0.387 e. The first-order chi connectivity index (χ1) is 16.8. The quantitative estimate of drug-likeness (QED) is 0.179. The summed E-state index contributed by atoms with van der Waals surface area (Å²) < 4.78 is 38.0. The van der Waals surface area contributed by atoms with E-state index in [0.29, 0.717) is 16.6 Å². The molecule has 0 aliphatic carbocycles. The molecule has 0 amide bonds. The maximum absolute atomic E-state index is 11.8. The fourth-order valence-electron chi connectivity index (χ4n) is 3.65. The molecule has 0 radical (unpaired) electrons. The van der Waals surface area contributed by atoms with E-state index in [1.165, 1.54) is 24.0 Å². The van der Waals surface area contributed by atoms with E-state index in [1.54, 1.807) is 24.4 Å². The molecule has 4 rings (SSSR count). The van der Waals surface area contributed by atoms with Crippen molar-refractivity contribution >= 4 is 32.5 Å². The van der Waals surface area contributed by atoms with Gasteiger partial charge in [0.05, 0.1) is 17.6 Å². The molecule has 1 fully saturated rings. The van der Waals surface area contributed by atoms with Crippen LogP contribution in [0, 0.1) is 11.8 Å². The molecule has 192 valence electrons. The van der Waals surface area contributed by atoms with Crippen LogP contribution >= 0.6 is 15.6 Å². The van der Waals surface area contributed by atoms with E-state index in [1.807, 2.05) is 0 Å². The predicted octanol–water partition coefficient (Wildman–Crippen LogP) is 0.0439. The summed E-state index contributed by atoms with van der Waals surface area (Å²) >= 11 is 0. The van der Waals surface area contributed by atoms with Crippen LogP contribution in [0.1, 0.15) is 24.4 Å². The summed E-state index contributed by atoms with van der Waals surface area (Å²) in [5, 5.41) is 22.0. The number of nitrogen functional groups attached to an aromatic ring is 1. The van der Waals surface area contributed by atoms with Crippen LogP contribution in [0.15, 0.2) is 36.9 Å². The molecular weight excluding hydrogens is 520 g/mol. The number of phosphoric ester groups is 1. The molecule has 4 heterocycles. The largest absolute Gasteiger partial charge is 0.481 e. The number of fused-ring (bicyclic) bond motifs is 1. The highest BCUT2D eigenvalue weighted by Crippen LogP contribution is 2.58. The first-order valence-electron chi connectivity index (χ1n) is 10.1. The van der Waals surface area contributed by atoms with Crippen LogP contribution in [-0.2, 0) is 22.7 Å². The number of ether oxygens (including phenoxy) is 1. The van der Waals surface area contributed by atoms with Gasteiger partial charge in [0.25, 0.3) is 0 Å². The van der Waals surface area contributed by atoms with Gasteiger partial charge in [-0.05, 0) is 25.0 Å². The highest BCUT2D eigenvalue weighted by atomic mass is 31.3. The van der Waals surface area contributed by atoms with Gasteiger partial charge in [0.1, 0.15) is 41.3 Å². The Kier molecular flexibility index (Phi) is 7.04. The van der Waals surface area contributed by atoms with Crippen LogP contribution in [0.3, 0.4) is 0 Å². The molecule has 5 atom stereocenters. The summed E-state index contributed by atoms with van der Waals surface area (Å²) in [7, 11) is -10.6. The van der Waals surface area contributed by atoms with Crippen molar-refractivity contribution in [3.8, 4) is 11.8 Å². The molecule has 0 aromatic carbocycles. The van der Waals surface area contributed by atoms with Crippen LogP contribution in [0.4, 0.5) is 5.82 Å². The number of phosphoric acid groups is 2. The fourth-order valence-corrected chi connectivity index (χ4v) is 5.25. The summed E-state index contributed by atoms with van der Waals surface area (Å²) in [6, 6.07) is 5.21. The number of hydrogen-bond acceptors (Lipinski definition) is 11. The van der Waals surface area contributed by atoms with Gasteiger partial charge >= 0.3 is 15.6 Å². The molecule has 5 unspecified atom stereocenters. The van der Waals surface area contributed by atoms with Gasteiger partial charge in [-0.1, -0.05) is 12.0 Å². The number of aliphatic hydroxyl groups is 2. The first kappa shape index (κ1) is 26.3. The van der Waals surface area contributed by atoms with E-state index in [-0.39, 0.29) is 11.5 Å². The van der Waals surface area contributed by atoms with Gasteiger partial charge in [-0.3, -0.25) is 4.52 Å². The predicted molar refractivity (Wildman–Crippen MR) is 122 cm³/mol. The van der Waals surface area contributed by atoms with Gasteiger partial charge < -0.3 is 39.9 Å². The zero-order valence-corrected chi connectivity index (χ0v) is 20.2. The molecule has 0 spiro atoms. The topological polar surface area (TPSA) is 233 Å². The van der Waals surface area contributed by atoms with Crippen LogP contribution in [0.5, 0.6) is 0 Å². The van der Waals surface area contributed by atoms with Gasteiger partial charge in [0.15, 0.2) is 6.23 Å². The van der Waals surface area contributed by atoms with E-state index >= 15 is 0 Å². The van der Waals surface area contributed by atoms with Crippen LogP contribution in [-0.4, -0.2) is 68.8 Å². The summed E-state index contributed by atoms with van der Waals surface area (Å²) in [6.07, 6.45) is -0.151. The minimum atomic E-state index is -5.35. The Labute approximate surface area is 203 Å². The fraction of sp³-hybridized carbons (Fsp3) is 0.316. The van der Waals surface area contributed by atoms with Gasteiger partial charge in [-0.25, -0.2) is 24.1 Å². The van der Waals surface area contributed by atoms with E-state index in [0.717, 1.165) is 0 Å². The zero-order chi connectivity index (χ0) is 26.3. The Bertz CT molecular complexity index is 1430. The van der Waals surface area contributed by atoms with Gasteiger partial charge in [0, 0.05) is 12.4 Å². The molecule has 1 aliphatic heterocycles. The van der Waals surface area contributed by atoms with E-state index in [2.05, 4.69) is 35.6 Å². The highest BCUT2D eigenvalue weighted by molar-refractivity contribution is 7.60.